The van der Waals surface area contributed by atoms with E-state index in [9.17, 15) is 5.11 Å². The van der Waals surface area contributed by atoms with Gasteiger partial charge in [-0.25, -0.2) is 0 Å². The fourth-order valence-electron chi connectivity index (χ4n) is 2.20. The van der Waals surface area contributed by atoms with Gasteiger partial charge in [-0.2, -0.15) is 0 Å². The molecule has 1 aromatic rings. The van der Waals surface area contributed by atoms with Gasteiger partial charge < -0.3 is 5.11 Å². The molecule has 1 rings (SSSR count). The molecule has 0 bridgehead atoms. The second-order valence-corrected chi connectivity index (χ2v) is 6.48. The van der Waals surface area contributed by atoms with Crippen LogP contribution in [-0.2, 0) is 6.54 Å². The molecule has 0 aromatic carbocycles. The van der Waals surface area contributed by atoms with Gasteiger partial charge in [-0.15, -0.1) is 11.3 Å². The molecule has 0 radical (unpaired) electrons. The molecule has 1 heterocycles. The Morgan fingerprint density at radius 3 is 2.39 bits per heavy atom. The average Bonchev–Trinajstić information content (AvgIpc) is 2.87. The molecule has 1 N–H and O–H groups in total. The summed E-state index contributed by atoms with van der Waals surface area (Å²) in [4.78, 5) is 3.89. The summed E-state index contributed by atoms with van der Waals surface area (Å²) in [5.74, 6) is 0. The van der Waals surface area contributed by atoms with Gasteiger partial charge in [-0.3, -0.25) is 4.90 Å². The van der Waals surface area contributed by atoms with Crippen molar-refractivity contribution in [1.82, 2.24) is 4.90 Å². The monoisotopic (exact) mass is 269 g/mol. The largest absolute Gasteiger partial charge is 0.396 e. The summed E-state index contributed by atoms with van der Waals surface area (Å²) in [6, 6.07) is 4.81. The average molecular weight is 269 g/mol. The topological polar surface area (TPSA) is 23.5 Å². The van der Waals surface area contributed by atoms with Gasteiger partial charge in [0.25, 0.3) is 0 Å². The molecule has 0 aliphatic carbocycles. The Labute approximate surface area is 116 Å². The van der Waals surface area contributed by atoms with Gasteiger partial charge in [-0.05, 0) is 38.1 Å². The third kappa shape index (κ3) is 4.08. The number of thiophene rings is 1. The van der Waals surface area contributed by atoms with E-state index in [2.05, 4.69) is 50.1 Å². The van der Waals surface area contributed by atoms with Crippen molar-refractivity contribution in [3.05, 3.63) is 22.4 Å². The smallest absolute Gasteiger partial charge is 0.0499 e. The van der Waals surface area contributed by atoms with E-state index in [1.54, 1.807) is 0 Å². The fourth-order valence-corrected chi connectivity index (χ4v) is 2.93. The molecule has 0 amide bonds. The molecule has 0 saturated heterocycles. The van der Waals surface area contributed by atoms with Crippen molar-refractivity contribution in [2.75, 3.05) is 13.2 Å². The van der Waals surface area contributed by atoms with Gasteiger partial charge >= 0.3 is 0 Å². The van der Waals surface area contributed by atoms with Crippen LogP contribution < -0.4 is 0 Å². The molecular weight excluding hydrogens is 242 g/mol. The number of aliphatic hydroxyl groups excluding tert-OH is 1. The van der Waals surface area contributed by atoms with Crippen LogP contribution in [0.5, 0.6) is 0 Å². The lowest BCUT2D eigenvalue weighted by Gasteiger charge is -2.37. The lowest BCUT2D eigenvalue weighted by Crippen LogP contribution is -2.42. The third-order valence-corrected chi connectivity index (χ3v) is 4.90. The van der Waals surface area contributed by atoms with E-state index >= 15 is 0 Å². The van der Waals surface area contributed by atoms with Gasteiger partial charge in [0.15, 0.2) is 0 Å². The summed E-state index contributed by atoms with van der Waals surface area (Å²) < 4.78 is 0. The second kappa shape index (κ2) is 7.27. The molecule has 0 atom stereocenters. The van der Waals surface area contributed by atoms with Crippen molar-refractivity contribution >= 4 is 11.3 Å². The van der Waals surface area contributed by atoms with E-state index < -0.39 is 0 Å². The highest BCUT2D eigenvalue weighted by Gasteiger charge is 2.29. The van der Waals surface area contributed by atoms with E-state index in [1.165, 1.54) is 4.88 Å². The molecule has 104 valence electrons. The first-order valence-corrected chi connectivity index (χ1v) is 7.82. The van der Waals surface area contributed by atoms with Crippen LogP contribution in [0.1, 0.15) is 45.4 Å². The summed E-state index contributed by atoms with van der Waals surface area (Å²) in [6.07, 6.45) is 2.07. The maximum absolute atomic E-state index is 9.71. The van der Waals surface area contributed by atoms with Crippen LogP contribution >= 0.6 is 11.3 Å². The van der Waals surface area contributed by atoms with Gasteiger partial charge in [-0.1, -0.05) is 19.9 Å². The van der Waals surface area contributed by atoms with Gasteiger partial charge in [0, 0.05) is 36.0 Å². The molecule has 1 aromatic heterocycles. The number of rotatable bonds is 8. The minimum atomic E-state index is 0.0571. The first-order valence-electron chi connectivity index (χ1n) is 6.94. The van der Waals surface area contributed by atoms with E-state index in [0.717, 1.165) is 25.9 Å². The van der Waals surface area contributed by atoms with Crippen molar-refractivity contribution in [1.29, 1.82) is 0 Å². The number of aliphatic hydroxyl groups is 1. The van der Waals surface area contributed by atoms with Crippen LogP contribution in [0.3, 0.4) is 0 Å². The standard InChI is InChI=1S/C15H27NOS/c1-5-15(6-2,12-17)11-16(13(3)4)10-14-8-7-9-18-14/h7-9,13,17H,5-6,10-12H2,1-4H3. The second-order valence-electron chi connectivity index (χ2n) is 5.44. The molecule has 0 saturated carbocycles. The Bertz CT molecular complexity index is 309. The number of hydrogen-bond acceptors (Lipinski definition) is 3. The van der Waals surface area contributed by atoms with E-state index in [4.69, 9.17) is 0 Å². The Hall–Kier alpha value is -0.380. The summed E-state index contributed by atoms with van der Waals surface area (Å²) in [5, 5.41) is 11.8. The van der Waals surface area contributed by atoms with Gasteiger partial charge in [0.05, 0.1) is 0 Å². The zero-order valence-electron chi connectivity index (χ0n) is 12.1. The van der Waals surface area contributed by atoms with Gasteiger partial charge in [0.1, 0.15) is 0 Å². The predicted molar refractivity (Wildman–Crippen MR) is 80.0 cm³/mol. The van der Waals surface area contributed by atoms with Crippen molar-refractivity contribution < 1.29 is 5.11 Å². The van der Waals surface area contributed by atoms with Crippen molar-refractivity contribution in [2.45, 2.75) is 53.1 Å². The summed E-state index contributed by atoms with van der Waals surface area (Å²) >= 11 is 1.81. The molecule has 0 unspecified atom stereocenters. The first-order chi connectivity index (χ1) is 8.56. The summed E-state index contributed by atoms with van der Waals surface area (Å²) in [6.45, 7) is 11.1. The Kier molecular flexibility index (Phi) is 6.33. The maximum atomic E-state index is 9.71. The predicted octanol–water partition coefficient (Wildman–Crippen LogP) is 3.76. The highest BCUT2D eigenvalue weighted by molar-refractivity contribution is 7.09. The zero-order valence-corrected chi connectivity index (χ0v) is 13.0. The molecule has 0 aliphatic rings. The van der Waals surface area contributed by atoms with Crippen LogP contribution in [0.15, 0.2) is 17.5 Å². The van der Waals surface area contributed by atoms with Crippen LogP contribution in [0, 0.1) is 5.41 Å². The molecule has 0 aliphatic heterocycles. The first kappa shape index (κ1) is 15.7. The van der Waals surface area contributed by atoms with Crippen LogP contribution in [0.4, 0.5) is 0 Å². The van der Waals surface area contributed by atoms with E-state index in [0.29, 0.717) is 6.04 Å². The van der Waals surface area contributed by atoms with Crippen LogP contribution in [0.25, 0.3) is 0 Å². The lowest BCUT2D eigenvalue weighted by atomic mass is 9.82. The number of nitrogens with zero attached hydrogens (tertiary/aromatic N) is 1. The Morgan fingerprint density at radius 2 is 2.00 bits per heavy atom. The Morgan fingerprint density at radius 1 is 1.33 bits per heavy atom. The van der Waals surface area contributed by atoms with E-state index in [-0.39, 0.29) is 12.0 Å². The summed E-state index contributed by atoms with van der Waals surface area (Å²) in [7, 11) is 0. The molecule has 0 spiro atoms. The highest BCUT2D eigenvalue weighted by atomic mass is 32.1. The highest BCUT2D eigenvalue weighted by Crippen LogP contribution is 2.28. The fraction of sp³-hybridized carbons (Fsp3) is 0.733. The van der Waals surface area contributed by atoms with Gasteiger partial charge in [0.2, 0.25) is 0 Å². The van der Waals surface area contributed by atoms with E-state index in [1.807, 2.05) is 11.3 Å². The number of hydrogen-bond donors (Lipinski definition) is 1. The minimum Gasteiger partial charge on any atom is -0.396 e. The molecule has 2 nitrogen and oxygen atoms in total. The Balaban J connectivity index is 2.73. The quantitative estimate of drug-likeness (QED) is 0.777. The summed E-state index contributed by atoms with van der Waals surface area (Å²) in [5.41, 5.74) is 0.0571. The maximum Gasteiger partial charge on any atom is 0.0499 e. The third-order valence-electron chi connectivity index (χ3n) is 4.04. The minimum absolute atomic E-state index is 0.0571. The molecule has 3 heteroatoms. The van der Waals surface area contributed by atoms with Crippen molar-refractivity contribution in [3.63, 3.8) is 0 Å². The molecular formula is C15H27NOS. The normalized spacial score (nSPS) is 12.6. The van der Waals surface area contributed by atoms with Crippen molar-refractivity contribution in [2.24, 2.45) is 5.41 Å². The lowest BCUT2D eigenvalue weighted by molar-refractivity contribution is 0.0498. The molecule has 18 heavy (non-hydrogen) atoms. The molecule has 0 fully saturated rings. The van der Waals surface area contributed by atoms with Crippen molar-refractivity contribution in [3.8, 4) is 0 Å². The van der Waals surface area contributed by atoms with Crippen LogP contribution in [-0.4, -0.2) is 29.2 Å². The SMILES string of the molecule is CCC(CC)(CO)CN(Cc1cccs1)C(C)C. The zero-order chi connectivity index (χ0) is 13.6. The van der Waals surface area contributed by atoms with Crippen LogP contribution in [0.2, 0.25) is 0 Å².